The Bertz CT molecular complexity index is 371. The Morgan fingerprint density at radius 2 is 2.05 bits per heavy atom. The van der Waals surface area contributed by atoms with Gasteiger partial charge in [0.05, 0.1) is 13.2 Å². The molecule has 0 spiro atoms. The van der Waals surface area contributed by atoms with E-state index in [0.717, 1.165) is 18.7 Å². The standard InChI is InChI=1S/C16H27NO2/c1-5-17-14(12-18)9-10-19-15-8-6-7-13(11-15)16(2,3)4/h6-8,11,14,17-18H,5,9-10,12H2,1-4H3. The van der Waals surface area contributed by atoms with E-state index in [1.54, 1.807) is 0 Å². The summed E-state index contributed by atoms with van der Waals surface area (Å²) in [4.78, 5) is 0. The van der Waals surface area contributed by atoms with Crippen molar-refractivity contribution < 1.29 is 9.84 Å². The summed E-state index contributed by atoms with van der Waals surface area (Å²) < 4.78 is 5.77. The van der Waals surface area contributed by atoms with E-state index in [-0.39, 0.29) is 18.1 Å². The van der Waals surface area contributed by atoms with Crippen LogP contribution in [0.2, 0.25) is 0 Å². The minimum atomic E-state index is 0.121. The van der Waals surface area contributed by atoms with Crippen LogP contribution in [-0.4, -0.2) is 30.9 Å². The first kappa shape index (κ1) is 16.0. The fourth-order valence-electron chi connectivity index (χ4n) is 1.92. The highest BCUT2D eigenvalue weighted by molar-refractivity contribution is 5.32. The molecule has 108 valence electrons. The van der Waals surface area contributed by atoms with Gasteiger partial charge in [-0.1, -0.05) is 39.8 Å². The van der Waals surface area contributed by atoms with Gasteiger partial charge in [0.2, 0.25) is 0 Å². The monoisotopic (exact) mass is 265 g/mol. The molecule has 0 radical (unpaired) electrons. The molecule has 2 N–H and O–H groups in total. The van der Waals surface area contributed by atoms with Gasteiger partial charge in [-0.25, -0.2) is 0 Å². The van der Waals surface area contributed by atoms with Crippen molar-refractivity contribution in [1.82, 2.24) is 5.32 Å². The lowest BCUT2D eigenvalue weighted by Gasteiger charge is -2.20. The third-order valence-corrected chi connectivity index (χ3v) is 3.15. The highest BCUT2D eigenvalue weighted by atomic mass is 16.5. The van der Waals surface area contributed by atoms with E-state index in [4.69, 9.17) is 4.74 Å². The Morgan fingerprint density at radius 3 is 2.63 bits per heavy atom. The number of aliphatic hydroxyl groups is 1. The molecule has 19 heavy (non-hydrogen) atoms. The summed E-state index contributed by atoms with van der Waals surface area (Å²) in [6, 6.07) is 8.36. The largest absolute Gasteiger partial charge is 0.494 e. The summed E-state index contributed by atoms with van der Waals surface area (Å²) in [6.07, 6.45) is 0.810. The van der Waals surface area contributed by atoms with E-state index in [9.17, 15) is 5.11 Å². The first-order valence-corrected chi connectivity index (χ1v) is 7.05. The van der Waals surface area contributed by atoms with Crippen molar-refractivity contribution in [3.8, 4) is 5.75 Å². The van der Waals surface area contributed by atoms with Crippen LogP contribution in [0.25, 0.3) is 0 Å². The lowest BCUT2D eigenvalue weighted by molar-refractivity contribution is 0.210. The number of rotatable bonds is 7. The van der Waals surface area contributed by atoms with Crippen LogP contribution in [0, 0.1) is 0 Å². The normalized spacial score (nSPS) is 13.3. The Morgan fingerprint density at radius 1 is 1.32 bits per heavy atom. The Balaban J connectivity index is 2.49. The first-order chi connectivity index (χ1) is 8.97. The highest BCUT2D eigenvalue weighted by Crippen LogP contribution is 2.25. The van der Waals surface area contributed by atoms with Gasteiger partial charge in [0, 0.05) is 6.04 Å². The van der Waals surface area contributed by atoms with Gasteiger partial charge in [-0.2, -0.15) is 0 Å². The molecule has 0 aliphatic rings. The van der Waals surface area contributed by atoms with Crippen LogP contribution in [-0.2, 0) is 5.41 Å². The number of ether oxygens (including phenoxy) is 1. The zero-order chi connectivity index (χ0) is 14.3. The Kier molecular flexibility index (Phi) is 6.32. The van der Waals surface area contributed by atoms with Crippen LogP contribution in [0.15, 0.2) is 24.3 Å². The molecular formula is C16H27NO2. The minimum absolute atomic E-state index is 0.121. The highest BCUT2D eigenvalue weighted by Gasteiger charge is 2.14. The van der Waals surface area contributed by atoms with Crippen LogP contribution in [0.3, 0.4) is 0 Å². The van der Waals surface area contributed by atoms with Crippen molar-refractivity contribution in [1.29, 1.82) is 0 Å². The van der Waals surface area contributed by atoms with Crippen molar-refractivity contribution >= 4 is 0 Å². The number of nitrogens with one attached hydrogen (secondary N) is 1. The summed E-state index contributed by atoms with van der Waals surface area (Å²) >= 11 is 0. The van der Waals surface area contributed by atoms with E-state index in [0.29, 0.717) is 6.61 Å². The molecule has 0 aliphatic carbocycles. The van der Waals surface area contributed by atoms with Gasteiger partial charge in [0.25, 0.3) is 0 Å². The lowest BCUT2D eigenvalue weighted by atomic mass is 9.87. The molecule has 3 heteroatoms. The molecular weight excluding hydrogens is 238 g/mol. The van der Waals surface area contributed by atoms with Crippen LogP contribution in [0.4, 0.5) is 0 Å². The lowest BCUT2D eigenvalue weighted by Crippen LogP contribution is -2.33. The predicted octanol–water partition coefficient (Wildman–Crippen LogP) is 2.72. The predicted molar refractivity (Wildman–Crippen MR) is 79.8 cm³/mol. The average molecular weight is 265 g/mol. The van der Waals surface area contributed by atoms with Crippen molar-refractivity contribution in [2.24, 2.45) is 0 Å². The number of likely N-dealkylation sites (N-methyl/N-ethyl adjacent to an activating group) is 1. The van der Waals surface area contributed by atoms with Crippen molar-refractivity contribution in [2.45, 2.75) is 45.6 Å². The van der Waals surface area contributed by atoms with Gasteiger partial charge in [-0.05, 0) is 36.1 Å². The van der Waals surface area contributed by atoms with Gasteiger partial charge in [-0.15, -0.1) is 0 Å². The topological polar surface area (TPSA) is 41.5 Å². The second-order valence-corrected chi connectivity index (χ2v) is 5.85. The van der Waals surface area contributed by atoms with Gasteiger partial charge < -0.3 is 15.2 Å². The molecule has 1 atom stereocenters. The molecule has 1 aromatic carbocycles. The molecule has 0 heterocycles. The first-order valence-electron chi connectivity index (χ1n) is 7.05. The van der Waals surface area contributed by atoms with E-state index >= 15 is 0 Å². The minimum Gasteiger partial charge on any atom is -0.494 e. The molecule has 0 bridgehead atoms. The maximum atomic E-state index is 9.19. The van der Waals surface area contributed by atoms with Crippen LogP contribution < -0.4 is 10.1 Å². The van der Waals surface area contributed by atoms with Gasteiger partial charge in [-0.3, -0.25) is 0 Å². The van der Waals surface area contributed by atoms with Gasteiger partial charge >= 0.3 is 0 Å². The molecule has 1 unspecified atom stereocenters. The molecule has 0 fully saturated rings. The second-order valence-electron chi connectivity index (χ2n) is 5.85. The van der Waals surface area contributed by atoms with Gasteiger partial charge in [0.1, 0.15) is 5.75 Å². The number of hydrogen-bond acceptors (Lipinski definition) is 3. The molecule has 1 aromatic rings. The molecule has 0 saturated carbocycles. The number of aliphatic hydroxyl groups excluding tert-OH is 1. The molecule has 0 aliphatic heterocycles. The molecule has 0 amide bonds. The maximum absolute atomic E-state index is 9.19. The van der Waals surface area contributed by atoms with E-state index < -0.39 is 0 Å². The summed E-state index contributed by atoms with van der Waals surface area (Å²) in [5.41, 5.74) is 1.41. The third-order valence-electron chi connectivity index (χ3n) is 3.15. The fraction of sp³-hybridized carbons (Fsp3) is 0.625. The van der Waals surface area contributed by atoms with Crippen LogP contribution in [0.5, 0.6) is 5.75 Å². The quantitative estimate of drug-likeness (QED) is 0.796. The number of hydrogen-bond donors (Lipinski definition) is 2. The van der Waals surface area contributed by atoms with E-state index in [1.165, 1.54) is 5.56 Å². The summed E-state index contributed by atoms with van der Waals surface area (Å²) in [7, 11) is 0. The molecule has 3 nitrogen and oxygen atoms in total. The Labute approximate surface area is 117 Å². The summed E-state index contributed by atoms with van der Waals surface area (Å²) in [5, 5.41) is 12.4. The second kappa shape index (κ2) is 7.51. The van der Waals surface area contributed by atoms with Gasteiger partial charge in [0.15, 0.2) is 0 Å². The van der Waals surface area contributed by atoms with E-state index in [2.05, 4.69) is 38.2 Å². The zero-order valence-corrected chi connectivity index (χ0v) is 12.6. The molecule has 0 aromatic heterocycles. The smallest absolute Gasteiger partial charge is 0.119 e. The van der Waals surface area contributed by atoms with Crippen LogP contribution >= 0.6 is 0 Å². The molecule has 0 saturated heterocycles. The summed E-state index contributed by atoms with van der Waals surface area (Å²) in [5.74, 6) is 0.903. The zero-order valence-electron chi connectivity index (χ0n) is 12.6. The molecule has 1 rings (SSSR count). The summed E-state index contributed by atoms with van der Waals surface area (Å²) in [6.45, 7) is 10.3. The van der Waals surface area contributed by atoms with Crippen molar-refractivity contribution in [3.63, 3.8) is 0 Å². The SMILES string of the molecule is CCNC(CO)CCOc1cccc(C(C)(C)C)c1. The maximum Gasteiger partial charge on any atom is 0.119 e. The average Bonchev–Trinajstić information content (AvgIpc) is 2.37. The van der Waals surface area contributed by atoms with Crippen LogP contribution in [0.1, 0.15) is 39.7 Å². The van der Waals surface area contributed by atoms with Crippen molar-refractivity contribution in [2.75, 3.05) is 19.8 Å². The van der Waals surface area contributed by atoms with E-state index in [1.807, 2.05) is 19.1 Å². The fourth-order valence-corrected chi connectivity index (χ4v) is 1.92. The van der Waals surface area contributed by atoms with Crippen molar-refractivity contribution in [3.05, 3.63) is 29.8 Å². The Hall–Kier alpha value is -1.06. The number of benzene rings is 1. The third kappa shape index (κ3) is 5.62.